The molecule has 2 aliphatic rings. The lowest BCUT2D eigenvalue weighted by atomic mass is 10.2. The van der Waals surface area contributed by atoms with Gasteiger partial charge in [-0.15, -0.1) is 0 Å². The average Bonchev–Trinajstić information content (AvgIpc) is 3.02. The van der Waals surface area contributed by atoms with Crippen molar-refractivity contribution in [2.24, 2.45) is 0 Å². The fourth-order valence-electron chi connectivity index (χ4n) is 1.35. The first-order chi connectivity index (χ1) is 6.74. The molecule has 1 aliphatic carbocycles. The van der Waals surface area contributed by atoms with E-state index in [2.05, 4.69) is 18.7 Å². The minimum atomic E-state index is 0.0833. The van der Waals surface area contributed by atoms with Gasteiger partial charge in [-0.2, -0.15) is 0 Å². The number of ether oxygens (including phenoxy) is 1. The summed E-state index contributed by atoms with van der Waals surface area (Å²) in [6.45, 7) is 8.60. The molecule has 2 fully saturated rings. The number of rotatable bonds is 2. The van der Waals surface area contributed by atoms with Crippen molar-refractivity contribution in [2.75, 3.05) is 26.3 Å². The smallest absolute Gasteiger partial charge is 0.0594 e. The summed E-state index contributed by atoms with van der Waals surface area (Å²) in [5.41, 5.74) is 0. The molecule has 3 nitrogen and oxygen atoms in total. The molecule has 1 saturated heterocycles. The maximum absolute atomic E-state index is 8.17. The summed E-state index contributed by atoms with van der Waals surface area (Å²) in [5, 5.41) is 8.17. The summed E-state index contributed by atoms with van der Waals surface area (Å²) < 4.78 is 5.25. The van der Waals surface area contributed by atoms with Crippen LogP contribution in [0.5, 0.6) is 0 Å². The van der Waals surface area contributed by atoms with Crippen LogP contribution in [0.15, 0.2) is 0 Å². The second-order valence-electron chi connectivity index (χ2n) is 4.14. The van der Waals surface area contributed by atoms with Crippen molar-refractivity contribution in [1.82, 2.24) is 4.90 Å². The second-order valence-corrected chi connectivity index (χ2v) is 4.14. The molecule has 84 valence electrons. The van der Waals surface area contributed by atoms with E-state index in [9.17, 15) is 0 Å². The first-order valence-electron chi connectivity index (χ1n) is 5.74. The third kappa shape index (κ3) is 4.94. The van der Waals surface area contributed by atoms with Gasteiger partial charge in [0.2, 0.25) is 0 Å². The third-order valence-corrected chi connectivity index (χ3v) is 2.81. The van der Waals surface area contributed by atoms with Crippen molar-refractivity contribution in [2.45, 2.75) is 45.3 Å². The molecule has 1 aliphatic heterocycles. The van der Waals surface area contributed by atoms with Crippen LogP contribution in [0, 0.1) is 0 Å². The minimum Gasteiger partial charge on any atom is -0.393 e. The van der Waals surface area contributed by atoms with Gasteiger partial charge >= 0.3 is 0 Å². The van der Waals surface area contributed by atoms with Crippen LogP contribution >= 0.6 is 0 Å². The van der Waals surface area contributed by atoms with E-state index in [0.29, 0.717) is 0 Å². The Balaban J connectivity index is 0.000000203. The van der Waals surface area contributed by atoms with Gasteiger partial charge in [-0.3, -0.25) is 4.90 Å². The van der Waals surface area contributed by atoms with Gasteiger partial charge in [0.1, 0.15) is 0 Å². The Labute approximate surface area is 87.1 Å². The summed E-state index contributed by atoms with van der Waals surface area (Å²) >= 11 is 0. The highest BCUT2D eigenvalue weighted by Crippen LogP contribution is 2.16. The minimum absolute atomic E-state index is 0.0833. The van der Waals surface area contributed by atoms with Gasteiger partial charge in [-0.25, -0.2) is 0 Å². The molecular formula is C11H23NO2. The van der Waals surface area contributed by atoms with Gasteiger partial charge in [-0.05, 0) is 26.2 Å². The summed E-state index contributed by atoms with van der Waals surface area (Å²) in [4.78, 5) is 2.49. The number of aliphatic hydroxyl groups is 1. The quantitative estimate of drug-likeness (QED) is 0.730. The Hall–Kier alpha value is -0.120. The van der Waals surface area contributed by atoms with Crippen LogP contribution < -0.4 is 0 Å². The van der Waals surface area contributed by atoms with Crippen molar-refractivity contribution < 1.29 is 9.84 Å². The van der Waals surface area contributed by atoms with Gasteiger partial charge in [0.15, 0.2) is 0 Å². The standard InChI is InChI=1S/C8H17NO.C3H6O/c1-3-8(2)9-4-6-10-7-5-9;4-3-1-2-3/h8H,3-7H2,1-2H3;3-4H,1-2H2. The highest BCUT2D eigenvalue weighted by Gasteiger charge is 2.15. The van der Waals surface area contributed by atoms with E-state index >= 15 is 0 Å². The normalized spacial score (nSPS) is 25.1. The van der Waals surface area contributed by atoms with Crippen LogP contribution in [0.2, 0.25) is 0 Å². The third-order valence-electron chi connectivity index (χ3n) is 2.81. The molecule has 0 radical (unpaired) electrons. The first kappa shape index (κ1) is 12.0. The zero-order chi connectivity index (χ0) is 10.4. The summed E-state index contributed by atoms with van der Waals surface area (Å²) in [5.74, 6) is 0. The highest BCUT2D eigenvalue weighted by molar-refractivity contribution is 4.69. The van der Waals surface area contributed by atoms with Crippen LogP contribution in [0.1, 0.15) is 33.1 Å². The molecule has 1 unspecified atom stereocenters. The van der Waals surface area contributed by atoms with Gasteiger partial charge < -0.3 is 9.84 Å². The Kier molecular flexibility index (Phi) is 5.45. The van der Waals surface area contributed by atoms with Gasteiger partial charge in [0.25, 0.3) is 0 Å². The Morgan fingerprint density at radius 3 is 2.21 bits per heavy atom. The van der Waals surface area contributed by atoms with Crippen LogP contribution in [-0.2, 0) is 4.74 Å². The fourth-order valence-corrected chi connectivity index (χ4v) is 1.35. The topological polar surface area (TPSA) is 32.7 Å². The largest absolute Gasteiger partial charge is 0.393 e. The second kappa shape index (κ2) is 6.38. The van der Waals surface area contributed by atoms with Gasteiger partial charge in [0.05, 0.1) is 19.3 Å². The van der Waals surface area contributed by atoms with E-state index in [1.807, 2.05) is 0 Å². The summed E-state index contributed by atoms with van der Waals surface area (Å²) in [6.07, 6.45) is 3.42. The Bertz CT molecular complexity index is 142. The van der Waals surface area contributed by atoms with E-state index in [1.165, 1.54) is 6.42 Å². The molecule has 0 aromatic rings. The summed E-state index contributed by atoms with van der Waals surface area (Å²) in [7, 11) is 0. The van der Waals surface area contributed by atoms with Crippen LogP contribution in [0.4, 0.5) is 0 Å². The highest BCUT2D eigenvalue weighted by atomic mass is 16.5. The molecule has 3 heteroatoms. The maximum Gasteiger partial charge on any atom is 0.0594 e. The van der Waals surface area contributed by atoms with E-state index < -0.39 is 0 Å². The first-order valence-corrected chi connectivity index (χ1v) is 5.74. The molecule has 0 aromatic heterocycles. The molecule has 1 atom stereocenters. The van der Waals surface area contributed by atoms with Crippen molar-refractivity contribution >= 4 is 0 Å². The molecular weight excluding hydrogens is 178 g/mol. The van der Waals surface area contributed by atoms with Crippen molar-refractivity contribution in [3.8, 4) is 0 Å². The molecule has 1 N–H and O–H groups in total. The van der Waals surface area contributed by atoms with Crippen molar-refractivity contribution in [3.05, 3.63) is 0 Å². The summed E-state index contributed by atoms with van der Waals surface area (Å²) in [6, 6.07) is 0.740. The van der Waals surface area contributed by atoms with Crippen molar-refractivity contribution in [3.63, 3.8) is 0 Å². The lowest BCUT2D eigenvalue weighted by Gasteiger charge is -2.31. The van der Waals surface area contributed by atoms with Gasteiger partial charge in [0, 0.05) is 19.1 Å². The van der Waals surface area contributed by atoms with Crippen molar-refractivity contribution in [1.29, 1.82) is 0 Å². The maximum atomic E-state index is 8.17. The van der Waals surface area contributed by atoms with E-state index in [0.717, 1.165) is 45.2 Å². The zero-order valence-electron chi connectivity index (χ0n) is 9.41. The molecule has 1 heterocycles. The fraction of sp³-hybridized carbons (Fsp3) is 1.00. The molecule has 2 rings (SSSR count). The molecule has 14 heavy (non-hydrogen) atoms. The van der Waals surface area contributed by atoms with E-state index in [1.54, 1.807) is 0 Å². The molecule has 0 bridgehead atoms. The molecule has 0 amide bonds. The average molecular weight is 201 g/mol. The lowest BCUT2D eigenvalue weighted by Crippen LogP contribution is -2.41. The monoisotopic (exact) mass is 201 g/mol. The predicted molar refractivity (Wildman–Crippen MR) is 57.4 cm³/mol. The Morgan fingerprint density at radius 1 is 1.36 bits per heavy atom. The Morgan fingerprint density at radius 2 is 1.86 bits per heavy atom. The number of hydrogen-bond acceptors (Lipinski definition) is 3. The molecule has 1 saturated carbocycles. The van der Waals surface area contributed by atoms with Crippen LogP contribution in [0.3, 0.4) is 0 Å². The molecule has 0 spiro atoms. The lowest BCUT2D eigenvalue weighted by molar-refractivity contribution is 0.0196. The predicted octanol–water partition coefficient (Wildman–Crippen LogP) is 1.26. The zero-order valence-corrected chi connectivity index (χ0v) is 9.41. The number of aliphatic hydroxyl groups excluding tert-OH is 1. The number of nitrogens with zero attached hydrogens (tertiary/aromatic N) is 1. The van der Waals surface area contributed by atoms with E-state index in [4.69, 9.17) is 9.84 Å². The van der Waals surface area contributed by atoms with E-state index in [-0.39, 0.29) is 6.10 Å². The molecule has 0 aromatic carbocycles. The van der Waals surface area contributed by atoms with Crippen LogP contribution in [0.25, 0.3) is 0 Å². The number of hydrogen-bond donors (Lipinski definition) is 1. The van der Waals surface area contributed by atoms with Gasteiger partial charge in [-0.1, -0.05) is 6.92 Å². The SMILES string of the molecule is CCC(C)N1CCOCC1.OC1CC1. The number of morpholine rings is 1. The van der Waals surface area contributed by atoms with Crippen LogP contribution in [-0.4, -0.2) is 48.5 Å².